The van der Waals surface area contributed by atoms with Crippen LogP contribution in [0.25, 0.3) is 0 Å². The second-order valence-corrected chi connectivity index (χ2v) is 8.15. The molecule has 0 spiro atoms. The van der Waals surface area contributed by atoms with Crippen molar-refractivity contribution in [3.63, 3.8) is 0 Å². The largest absolute Gasteiger partial charge is 0.307 e. The van der Waals surface area contributed by atoms with Gasteiger partial charge in [-0.25, -0.2) is 13.4 Å². The standard InChI is InChI=1S/C10H10N2O2S3/c13-17(14)5-7-8(6-17)16-10(15)12(7)9-3-1-2-4-11-9/h1-4,7-8H,5-6H2/t7-,8-/m0/s1. The first-order chi connectivity index (χ1) is 8.07. The summed E-state index contributed by atoms with van der Waals surface area (Å²) >= 11 is 6.79. The Bertz CT molecular complexity index is 558. The molecule has 1 aromatic heterocycles. The zero-order valence-corrected chi connectivity index (χ0v) is 11.3. The van der Waals surface area contributed by atoms with Crippen LogP contribution in [0.1, 0.15) is 0 Å². The van der Waals surface area contributed by atoms with Crippen LogP contribution in [0, 0.1) is 0 Å². The predicted molar refractivity (Wildman–Crippen MR) is 73.1 cm³/mol. The molecule has 0 radical (unpaired) electrons. The molecule has 4 nitrogen and oxygen atoms in total. The highest BCUT2D eigenvalue weighted by atomic mass is 32.2. The van der Waals surface area contributed by atoms with Crippen molar-refractivity contribution in [3.8, 4) is 0 Å². The number of sulfone groups is 1. The zero-order valence-electron chi connectivity index (χ0n) is 8.81. The molecule has 17 heavy (non-hydrogen) atoms. The van der Waals surface area contributed by atoms with Gasteiger partial charge < -0.3 is 4.90 Å². The molecule has 3 rings (SSSR count). The van der Waals surface area contributed by atoms with Crippen LogP contribution in [-0.2, 0) is 9.84 Å². The maximum absolute atomic E-state index is 11.6. The highest BCUT2D eigenvalue weighted by molar-refractivity contribution is 8.24. The highest BCUT2D eigenvalue weighted by Crippen LogP contribution is 2.39. The van der Waals surface area contributed by atoms with E-state index in [1.165, 1.54) is 11.8 Å². The summed E-state index contributed by atoms with van der Waals surface area (Å²) in [6.45, 7) is 0. The van der Waals surface area contributed by atoms with E-state index in [1.807, 2.05) is 23.1 Å². The second kappa shape index (κ2) is 3.93. The van der Waals surface area contributed by atoms with Crippen molar-refractivity contribution in [1.82, 2.24) is 4.98 Å². The fourth-order valence-corrected chi connectivity index (χ4v) is 6.58. The molecule has 90 valence electrons. The van der Waals surface area contributed by atoms with Crippen LogP contribution in [0.2, 0.25) is 0 Å². The van der Waals surface area contributed by atoms with Crippen molar-refractivity contribution in [2.75, 3.05) is 16.4 Å². The topological polar surface area (TPSA) is 50.3 Å². The van der Waals surface area contributed by atoms with Crippen molar-refractivity contribution < 1.29 is 8.42 Å². The van der Waals surface area contributed by atoms with E-state index in [0.29, 0.717) is 0 Å². The van der Waals surface area contributed by atoms with Gasteiger partial charge in [0.15, 0.2) is 9.84 Å². The van der Waals surface area contributed by atoms with E-state index < -0.39 is 9.84 Å². The molecule has 2 atom stereocenters. The van der Waals surface area contributed by atoms with Gasteiger partial charge in [0.1, 0.15) is 10.1 Å². The average Bonchev–Trinajstić information content (AvgIpc) is 2.69. The van der Waals surface area contributed by atoms with Gasteiger partial charge in [0.2, 0.25) is 0 Å². The van der Waals surface area contributed by atoms with Crippen molar-refractivity contribution in [1.29, 1.82) is 0 Å². The number of anilines is 1. The third-order valence-electron chi connectivity index (χ3n) is 2.95. The zero-order chi connectivity index (χ0) is 12.0. The number of nitrogens with zero attached hydrogens (tertiary/aromatic N) is 2. The highest BCUT2D eigenvalue weighted by Gasteiger charge is 2.48. The molecule has 0 aromatic carbocycles. The van der Waals surface area contributed by atoms with Crippen molar-refractivity contribution >= 4 is 44.0 Å². The molecule has 0 bridgehead atoms. The Morgan fingerprint density at radius 2 is 2.24 bits per heavy atom. The molecular formula is C10H10N2O2S3. The fourth-order valence-electron chi connectivity index (χ4n) is 2.23. The number of pyridine rings is 1. The van der Waals surface area contributed by atoms with Crippen LogP contribution in [0.15, 0.2) is 24.4 Å². The maximum Gasteiger partial charge on any atom is 0.153 e. The van der Waals surface area contributed by atoms with Crippen LogP contribution >= 0.6 is 24.0 Å². The Morgan fingerprint density at radius 1 is 1.41 bits per heavy atom. The molecule has 0 N–H and O–H groups in total. The monoisotopic (exact) mass is 286 g/mol. The van der Waals surface area contributed by atoms with Crippen LogP contribution in [0.4, 0.5) is 5.82 Å². The van der Waals surface area contributed by atoms with Gasteiger partial charge in [-0.1, -0.05) is 30.0 Å². The first-order valence-corrected chi connectivity index (χ1v) is 8.29. The molecule has 3 heterocycles. The molecule has 0 saturated carbocycles. The summed E-state index contributed by atoms with van der Waals surface area (Å²) in [6.07, 6.45) is 1.69. The minimum atomic E-state index is -2.92. The molecule has 2 aliphatic heterocycles. The molecule has 0 amide bonds. The number of rotatable bonds is 1. The maximum atomic E-state index is 11.6. The molecule has 2 saturated heterocycles. The minimum Gasteiger partial charge on any atom is -0.307 e. The van der Waals surface area contributed by atoms with E-state index >= 15 is 0 Å². The molecule has 1 aromatic rings. The van der Waals surface area contributed by atoms with Gasteiger partial charge in [-0.3, -0.25) is 0 Å². The summed E-state index contributed by atoms with van der Waals surface area (Å²) in [4.78, 5) is 6.13. The van der Waals surface area contributed by atoms with Crippen molar-refractivity contribution in [3.05, 3.63) is 24.4 Å². The number of hydrogen-bond acceptors (Lipinski definition) is 5. The van der Waals surface area contributed by atoms with E-state index in [0.717, 1.165) is 10.1 Å². The Morgan fingerprint density at radius 3 is 2.94 bits per heavy atom. The first kappa shape index (κ1) is 11.4. The average molecular weight is 286 g/mol. The quantitative estimate of drug-likeness (QED) is 0.720. The molecular weight excluding hydrogens is 276 g/mol. The molecule has 0 unspecified atom stereocenters. The summed E-state index contributed by atoms with van der Waals surface area (Å²) in [5.74, 6) is 1.15. The van der Waals surface area contributed by atoms with Gasteiger partial charge in [0, 0.05) is 11.4 Å². The lowest BCUT2D eigenvalue weighted by atomic mass is 10.2. The second-order valence-electron chi connectivity index (χ2n) is 4.12. The summed E-state index contributed by atoms with van der Waals surface area (Å²) in [5, 5.41) is 0.0644. The van der Waals surface area contributed by atoms with Crippen LogP contribution in [0.3, 0.4) is 0 Å². The summed E-state index contributed by atoms with van der Waals surface area (Å²) < 4.78 is 24.0. The van der Waals surface area contributed by atoms with Crippen LogP contribution in [-0.4, -0.2) is 40.5 Å². The number of aromatic nitrogens is 1. The van der Waals surface area contributed by atoms with Gasteiger partial charge >= 0.3 is 0 Å². The number of fused-ring (bicyclic) bond motifs is 1. The number of hydrogen-bond donors (Lipinski definition) is 0. The van der Waals surface area contributed by atoms with Gasteiger partial charge in [0.05, 0.1) is 17.5 Å². The summed E-state index contributed by atoms with van der Waals surface area (Å²) in [6, 6.07) is 5.53. The molecule has 2 aliphatic rings. The third kappa shape index (κ3) is 1.96. The minimum absolute atomic E-state index is 0.0487. The molecule has 0 aliphatic carbocycles. The molecule has 7 heteroatoms. The lowest BCUT2D eigenvalue weighted by Gasteiger charge is -2.22. The normalized spacial score (nSPS) is 30.6. The SMILES string of the molecule is O=S1(=O)C[C@@H]2SC(=S)N(c3ccccn3)[C@H]2C1. The first-order valence-electron chi connectivity index (χ1n) is 5.18. The summed E-state index contributed by atoms with van der Waals surface area (Å²) in [7, 11) is -2.92. The van der Waals surface area contributed by atoms with Gasteiger partial charge in [0.25, 0.3) is 0 Å². The van der Waals surface area contributed by atoms with E-state index in [-0.39, 0.29) is 22.8 Å². The van der Waals surface area contributed by atoms with Gasteiger partial charge in [-0.15, -0.1) is 0 Å². The van der Waals surface area contributed by atoms with E-state index in [2.05, 4.69) is 4.98 Å². The Balaban J connectivity index is 1.98. The fraction of sp³-hybridized carbons (Fsp3) is 0.400. The van der Waals surface area contributed by atoms with Crippen LogP contribution in [0.5, 0.6) is 0 Å². The Labute approximate surface area is 109 Å². The van der Waals surface area contributed by atoms with Gasteiger partial charge in [-0.2, -0.15) is 0 Å². The van der Waals surface area contributed by atoms with E-state index in [4.69, 9.17) is 12.2 Å². The summed E-state index contributed by atoms with van der Waals surface area (Å²) in [5.41, 5.74) is 0. The van der Waals surface area contributed by atoms with E-state index in [1.54, 1.807) is 6.20 Å². The smallest absolute Gasteiger partial charge is 0.153 e. The lowest BCUT2D eigenvalue weighted by molar-refractivity contribution is 0.601. The van der Waals surface area contributed by atoms with Crippen LogP contribution < -0.4 is 4.90 Å². The third-order valence-corrected chi connectivity index (χ3v) is 6.54. The number of thiocarbonyl (C=S) groups is 1. The molecule has 2 fully saturated rings. The van der Waals surface area contributed by atoms with E-state index in [9.17, 15) is 8.42 Å². The van der Waals surface area contributed by atoms with Gasteiger partial charge in [-0.05, 0) is 12.1 Å². The van der Waals surface area contributed by atoms with Crippen molar-refractivity contribution in [2.45, 2.75) is 11.3 Å². The Hall–Kier alpha value is -0.660. The predicted octanol–water partition coefficient (Wildman–Crippen LogP) is 1.09. The lowest BCUT2D eigenvalue weighted by Crippen LogP contribution is -2.37. The Kier molecular flexibility index (Phi) is 2.64. The van der Waals surface area contributed by atoms with Crippen molar-refractivity contribution in [2.24, 2.45) is 0 Å². The number of thioether (sulfide) groups is 1.